The predicted molar refractivity (Wildman–Crippen MR) is 60.4 cm³/mol. The molecule has 0 atom stereocenters. The summed E-state index contributed by atoms with van der Waals surface area (Å²) in [5, 5.41) is 0. The molecule has 0 N–H and O–H groups in total. The van der Waals surface area contributed by atoms with E-state index in [1.165, 1.54) is 0 Å². The van der Waals surface area contributed by atoms with E-state index in [2.05, 4.69) is 9.97 Å². The van der Waals surface area contributed by atoms with Gasteiger partial charge in [0.05, 0.1) is 0 Å². The van der Waals surface area contributed by atoms with Gasteiger partial charge in [-0.15, -0.1) is 0 Å². The van der Waals surface area contributed by atoms with Crippen molar-refractivity contribution in [3.63, 3.8) is 0 Å². The van der Waals surface area contributed by atoms with Gasteiger partial charge in [-0.1, -0.05) is 0 Å². The smallest absolute Gasteiger partial charge is 0.251 e. The minimum atomic E-state index is -2.50. The van der Waals surface area contributed by atoms with Crippen LogP contribution in [0.2, 0.25) is 0 Å². The fourth-order valence-corrected chi connectivity index (χ4v) is 2.14. The van der Waals surface area contributed by atoms with Gasteiger partial charge in [-0.3, -0.25) is 0 Å². The predicted octanol–water partition coefficient (Wildman–Crippen LogP) is 2.59. The summed E-state index contributed by atoms with van der Waals surface area (Å²) in [4.78, 5) is 10.7. The van der Waals surface area contributed by atoms with Gasteiger partial charge in [-0.25, -0.2) is 18.7 Å². The maximum absolute atomic E-state index is 13.1. The monoisotopic (exact) mass is 239 g/mol. The zero-order valence-electron chi connectivity index (χ0n) is 9.57. The van der Waals surface area contributed by atoms with Gasteiger partial charge >= 0.3 is 0 Å². The molecule has 0 radical (unpaired) electrons. The van der Waals surface area contributed by atoms with E-state index in [4.69, 9.17) is 0 Å². The van der Waals surface area contributed by atoms with Crippen molar-refractivity contribution in [1.29, 1.82) is 0 Å². The van der Waals surface area contributed by atoms with Crippen LogP contribution in [0.4, 0.5) is 14.6 Å². The lowest BCUT2D eigenvalue weighted by Crippen LogP contribution is -2.39. The zero-order valence-corrected chi connectivity index (χ0v) is 9.57. The Balaban J connectivity index is 1.73. The average Bonchev–Trinajstić information content (AvgIpc) is 3.13. The van der Waals surface area contributed by atoms with E-state index in [1.54, 1.807) is 6.20 Å². The first kappa shape index (κ1) is 10.9. The number of hydrogen-bond acceptors (Lipinski definition) is 3. The first-order valence-electron chi connectivity index (χ1n) is 6.10. The van der Waals surface area contributed by atoms with Gasteiger partial charge in [-0.05, 0) is 18.9 Å². The van der Waals surface area contributed by atoms with Crippen LogP contribution in [0.3, 0.4) is 0 Å². The van der Waals surface area contributed by atoms with Gasteiger partial charge in [0.2, 0.25) is 0 Å². The quantitative estimate of drug-likeness (QED) is 0.794. The van der Waals surface area contributed by atoms with E-state index in [-0.39, 0.29) is 12.8 Å². The summed E-state index contributed by atoms with van der Waals surface area (Å²) in [6.07, 6.45) is 3.90. The molecule has 92 valence electrons. The van der Waals surface area contributed by atoms with Gasteiger partial charge in [0.15, 0.2) is 0 Å². The van der Waals surface area contributed by atoms with E-state index >= 15 is 0 Å². The second-order valence-electron chi connectivity index (χ2n) is 4.89. The van der Waals surface area contributed by atoms with Gasteiger partial charge in [-0.2, -0.15) is 0 Å². The Morgan fingerprint density at radius 1 is 1.24 bits per heavy atom. The number of anilines is 1. The number of alkyl halides is 2. The molecule has 1 saturated carbocycles. The lowest BCUT2D eigenvalue weighted by molar-refractivity contribution is -0.0221. The number of hydrogen-bond donors (Lipinski definition) is 0. The molecule has 2 fully saturated rings. The molecule has 1 aromatic rings. The molecule has 0 aromatic carbocycles. The summed E-state index contributed by atoms with van der Waals surface area (Å²) in [5.41, 5.74) is 0. The van der Waals surface area contributed by atoms with Gasteiger partial charge in [0.25, 0.3) is 5.92 Å². The van der Waals surface area contributed by atoms with Crippen LogP contribution in [-0.2, 0) is 0 Å². The van der Waals surface area contributed by atoms with Crippen molar-refractivity contribution in [1.82, 2.24) is 9.97 Å². The molecular weight excluding hydrogens is 224 g/mol. The van der Waals surface area contributed by atoms with E-state index in [0.717, 1.165) is 24.5 Å². The lowest BCUT2D eigenvalue weighted by atomic mass is 10.1. The minimum absolute atomic E-state index is 0.0736. The second-order valence-corrected chi connectivity index (χ2v) is 4.89. The lowest BCUT2D eigenvalue weighted by Gasteiger charge is -2.32. The summed E-state index contributed by atoms with van der Waals surface area (Å²) < 4.78 is 26.1. The summed E-state index contributed by atoms with van der Waals surface area (Å²) in [6, 6.07) is 1.81. The molecule has 1 saturated heterocycles. The van der Waals surface area contributed by atoms with E-state index in [0.29, 0.717) is 19.0 Å². The van der Waals surface area contributed by atoms with Crippen molar-refractivity contribution in [3.05, 3.63) is 18.1 Å². The fourth-order valence-electron chi connectivity index (χ4n) is 2.14. The SMILES string of the molecule is FC1(F)CCN(c2ccnc(C3CC3)n2)CC1. The Morgan fingerprint density at radius 2 is 1.94 bits per heavy atom. The standard InChI is InChI=1S/C12H15F2N3/c13-12(14)4-7-17(8-5-12)10-3-6-15-11(16-10)9-1-2-9/h3,6,9H,1-2,4-5,7-8H2. The number of halogens is 2. The molecule has 1 aliphatic carbocycles. The molecule has 5 heteroatoms. The summed E-state index contributed by atoms with van der Waals surface area (Å²) in [5.74, 6) is -0.318. The maximum Gasteiger partial charge on any atom is 0.251 e. The Kier molecular flexibility index (Phi) is 2.49. The van der Waals surface area contributed by atoms with Crippen molar-refractivity contribution in [2.45, 2.75) is 37.5 Å². The largest absolute Gasteiger partial charge is 0.356 e. The molecular formula is C12H15F2N3. The molecule has 3 nitrogen and oxygen atoms in total. The molecule has 0 amide bonds. The molecule has 2 heterocycles. The third kappa shape index (κ3) is 2.37. The fraction of sp³-hybridized carbons (Fsp3) is 0.667. The van der Waals surface area contributed by atoms with E-state index in [1.807, 2.05) is 11.0 Å². The molecule has 0 spiro atoms. The van der Waals surface area contributed by atoms with Crippen LogP contribution in [0.15, 0.2) is 12.3 Å². The number of aromatic nitrogens is 2. The van der Waals surface area contributed by atoms with Gasteiger partial charge in [0.1, 0.15) is 11.6 Å². The van der Waals surface area contributed by atoms with E-state index in [9.17, 15) is 8.78 Å². The number of piperidine rings is 1. The zero-order chi connectivity index (χ0) is 11.9. The summed E-state index contributed by atoms with van der Waals surface area (Å²) >= 11 is 0. The minimum Gasteiger partial charge on any atom is -0.356 e. The number of rotatable bonds is 2. The third-order valence-corrected chi connectivity index (χ3v) is 3.42. The first-order chi connectivity index (χ1) is 8.14. The van der Waals surface area contributed by atoms with Crippen molar-refractivity contribution in [2.24, 2.45) is 0 Å². The van der Waals surface area contributed by atoms with Crippen LogP contribution in [0.25, 0.3) is 0 Å². The molecule has 0 unspecified atom stereocenters. The molecule has 1 aromatic heterocycles. The highest BCUT2D eigenvalue weighted by Gasteiger charge is 2.34. The summed E-state index contributed by atoms with van der Waals surface area (Å²) in [7, 11) is 0. The maximum atomic E-state index is 13.1. The molecule has 17 heavy (non-hydrogen) atoms. The Bertz CT molecular complexity index is 408. The van der Waals surface area contributed by atoms with Crippen molar-refractivity contribution >= 4 is 5.82 Å². The van der Waals surface area contributed by atoms with Crippen molar-refractivity contribution < 1.29 is 8.78 Å². The van der Waals surface area contributed by atoms with Crippen LogP contribution in [0, 0.1) is 0 Å². The average molecular weight is 239 g/mol. The highest BCUT2D eigenvalue weighted by atomic mass is 19.3. The molecule has 2 aliphatic rings. The normalized spacial score (nSPS) is 23.8. The van der Waals surface area contributed by atoms with Crippen molar-refractivity contribution in [2.75, 3.05) is 18.0 Å². The van der Waals surface area contributed by atoms with Gasteiger partial charge < -0.3 is 4.90 Å². The van der Waals surface area contributed by atoms with Crippen LogP contribution < -0.4 is 4.90 Å². The van der Waals surface area contributed by atoms with Crippen LogP contribution >= 0.6 is 0 Å². The van der Waals surface area contributed by atoms with Crippen LogP contribution in [0.5, 0.6) is 0 Å². The highest BCUT2D eigenvalue weighted by Crippen LogP contribution is 2.38. The molecule has 3 rings (SSSR count). The number of nitrogens with zero attached hydrogens (tertiary/aromatic N) is 3. The first-order valence-corrected chi connectivity index (χ1v) is 6.10. The Labute approximate surface area is 98.9 Å². The highest BCUT2D eigenvalue weighted by molar-refractivity contribution is 5.38. The molecule has 1 aliphatic heterocycles. The van der Waals surface area contributed by atoms with Crippen LogP contribution in [-0.4, -0.2) is 29.0 Å². The Morgan fingerprint density at radius 3 is 2.59 bits per heavy atom. The van der Waals surface area contributed by atoms with Crippen LogP contribution in [0.1, 0.15) is 37.4 Å². The van der Waals surface area contributed by atoms with Crippen molar-refractivity contribution in [3.8, 4) is 0 Å². The van der Waals surface area contributed by atoms with E-state index < -0.39 is 5.92 Å². The summed E-state index contributed by atoms with van der Waals surface area (Å²) in [6.45, 7) is 0.766. The molecule has 0 bridgehead atoms. The van der Waals surface area contributed by atoms with Gasteiger partial charge in [0, 0.05) is 38.0 Å². The third-order valence-electron chi connectivity index (χ3n) is 3.42. The topological polar surface area (TPSA) is 29.0 Å². The Hall–Kier alpha value is -1.26. The second kappa shape index (κ2) is 3.89.